The van der Waals surface area contributed by atoms with Crippen LogP contribution < -0.4 is 5.32 Å². The van der Waals surface area contributed by atoms with Gasteiger partial charge in [-0.2, -0.15) is 8.42 Å². The lowest BCUT2D eigenvalue weighted by atomic mass is 9.74. The van der Waals surface area contributed by atoms with Gasteiger partial charge in [-0.25, -0.2) is 0 Å². The van der Waals surface area contributed by atoms with Gasteiger partial charge in [0.15, 0.2) is 0 Å². The van der Waals surface area contributed by atoms with Gasteiger partial charge >= 0.3 is 11.9 Å². The molecule has 36 heavy (non-hydrogen) atoms. The summed E-state index contributed by atoms with van der Waals surface area (Å²) < 4.78 is 32.7. The number of carbonyl (C=O) groups is 4. The van der Waals surface area contributed by atoms with Gasteiger partial charge in [0.1, 0.15) is 0 Å². The average Bonchev–Trinajstić information content (AvgIpc) is 2.60. The number of rotatable bonds is 16. The molecule has 210 valence electrons. The van der Waals surface area contributed by atoms with Crippen LogP contribution in [0, 0.1) is 23.7 Å². The Labute approximate surface area is 214 Å². The molecular formula is C23H44N3O9S+. The second-order valence-electron chi connectivity index (χ2n) is 11.6. The van der Waals surface area contributed by atoms with Crippen LogP contribution in [-0.2, 0) is 29.3 Å². The quantitative estimate of drug-likeness (QED) is 0.163. The zero-order chi connectivity index (χ0) is 28.6. The molecule has 0 aromatic carbocycles. The molecule has 12 nitrogen and oxygen atoms in total. The summed E-state index contributed by atoms with van der Waals surface area (Å²) in [6, 6.07) is 0. The Bertz CT molecular complexity index is 895. The zero-order valence-corrected chi connectivity index (χ0v) is 23.5. The van der Waals surface area contributed by atoms with E-state index in [4.69, 9.17) is 0 Å². The normalized spacial score (nSPS) is 15.9. The molecular weight excluding hydrogens is 494 g/mol. The number of nitrogens with zero attached hydrogens (tertiary/aromatic N) is 2. The molecule has 0 fully saturated rings. The maximum atomic E-state index is 13.4. The molecule has 0 saturated carbocycles. The summed E-state index contributed by atoms with van der Waals surface area (Å²) in [6.07, 6.45) is -0.561. The summed E-state index contributed by atoms with van der Waals surface area (Å²) in [4.78, 5) is 50.9. The molecule has 0 bridgehead atoms. The summed E-state index contributed by atoms with van der Waals surface area (Å²) in [5, 5.41) is 22.0. The van der Waals surface area contributed by atoms with Crippen molar-refractivity contribution < 1.29 is 46.8 Å². The molecule has 0 rings (SSSR count). The molecule has 0 aliphatic heterocycles. The van der Waals surface area contributed by atoms with Crippen LogP contribution in [0.2, 0.25) is 0 Å². The number of nitrogens with one attached hydrogen (secondary N) is 1. The van der Waals surface area contributed by atoms with Crippen molar-refractivity contribution in [1.82, 2.24) is 10.2 Å². The van der Waals surface area contributed by atoms with Gasteiger partial charge < -0.3 is 24.9 Å². The molecule has 4 unspecified atom stereocenters. The molecule has 4 atom stereocenters. The maximum absolute atomic E-state index is 13.4. The third-order valence-electron chi connectivity index (χ3n) is 5.83. The van der Waals surface area contributed by atoms with Crippen LogP contribution in [0.15, 0.2) is 0 Å². The highest BCUT2D eigenvalue weighted by Crippen LogP contribution is 2.33. The fourth-order valence-electron chi connectivity index (χ4n) is 4.51. The summed E-state index contributed by atoms with van der Waals surface area (Å²) >= 11 is 0. The van der Waals surface area contributed by atoms with Crippen molar-refractivity contribution in [3.8, 4) is 0 Å². The second kappa shape index (κ2) is 13.3. The van der Waals surface area contributed by atoms with E-state index in [9.17, 15) is 42.4 Å². The molecule has 4 N–H and O–H groups in total. The van der Waals surface area contributed by atoms with Crippen LogP contribution in [-0.4, -0.2) is 109 Å². The standard InChI is InChI=1S/C23H43N3O9S/c1-15(13-26(6,7)8)9-10-16(21(30)24-23(2,3)14-36(33,34)35)17(12-20(28)29)18(22(31)32)11-19(27)25(4)5/h15-18H,9-14H2,1-8H3,(H3-,24,28,29,30,31,32,33,34,35)/p+1. The highest BCUT2D eigenvalue weighted by atomic mass is 32.2. The molecule has 0 saturated heterocycles. The van der Waals surface area contributed by atoms with Gasteiger partial charge in [0, 0.05) is 38.8 Å². The van der Waals surface area contributed by atoms with Crippen molar-refractivity contribution in [3.63, 3.8) is 0 Å². The lowest BCUT2D eigenvalue weighted by molar-refractivity contribution is -0.873. The number of hydrogen-bond donors (Lipinski definition) is 4. The van der Waals surface area contributed by atoms with Gasteiger partial charge in [-0.05, 0) is 32.6 Å². The van der Waals surface area contributed by atoms with E-state index >= 15 is 0 Å². The second-order valence-corrected chi connectivity index (χ2v) is 13.0. The van der Waals surface area contributed by atoms with Crippen LogP contribution in [0.3, 0.4) is 0 Å². The van der Waals surface area contributed by atoms with E-state index in [1.807, 2.05) is 28.1 Å². The van der Waals surface area contributed by atoms with Crippen molar-refractivity contribution in [2.24, 2.45) is 23.7 Å². The highest BCUT2D eigenvalue weighted by molar-refractivity contribution is 7.85. The van der Waals surface area contributed by atoms with Gasteiger partial charge in [-0.1, -0.05) is 6.92 Å². The molecule has 13 heteroatoms. The number of carbonyl (C=O) groups excluding carboxylic acids is 2. The molecule has 0 aliphatic carbocycles. The van der Waals surface area contributed by atoms with E-state index in [0.717, 1.165) is 6.54 Å². The molecule has 0 aliphatic rings. The van der Waals surface area contributed by atoms with Gasteiger partial charge in [-0.3, -0.25) is 23.7 Å². The van der Waals surface area contributed by atoms with Gasteiger partial charge in [0.2, 0.25) is 11.8 Å². The minimum atomic E-state index is -4.45. The minimum absolute atomic E-state index is 0.100. The first-order valence-corrected chi connectivity index (χ1v) is 13.4. The number of amides is 2. The van der Waals surface area contributed by atoms with E-state index < -0.39 is 75.8 Å². The lowest BCUT2D eigenvalue weighted by Gasteiger charge is -2.34. The van der Waals surface area contributed by atoms with Crippen LogP contribution in [0.5, 0.6) is 0 Å². The summed E-state index contributed by atoms with van der Waals surface area (Å²) in [5.41, 5.74) is -1.41. The van der Waals surface area contributed by atoms with E-state index in [0.29, 0.717) is 10.9 Å². The minimum Gasteiger partial charge on any atom is -0.481 e. The smallest absolute Gasteiger partial charge is 0.307 e. The third kappa shape index (κ3) is 13.7. The first kappa shape index (κ1) is 33.8. The predicted octanol–water partition coefficient (Wildman–Crippen LogP) is 0.778. The van der Waals surface area contributed by atoms with Gasteiger partial charge in [0.25, 0.3) is 10.1 Å². The summed E-state index contributed by atoms with van der Waals surface area (Å²) in [7, 11) is 4.44. The Hall–Kier alpha value is -2.25. The van der Waals surface area contributed by atoms with Crippen molar-refractivity contribution in [2.75, 3.05) is 47.5 Å². The van der Waals surface area contributed by atoms with Crippen LogP contribution in [0.4, 0.5) is 0 Å². The van der Waals surface area contributed by atoms with Crippen LogP contribution >= 0.6 is 0 Å². The lowest BCUT2D eigenvalue weighted by Crippen LogP contribution is -2.52. The summed E-state index contributed by atoms with van der Waals surface area (Å²) in [6.45, 7) is 5.47. The summed E-state index contributed by atoms with van der Waals surface area (Å²) in [5.74, 6) is -8.48. The molecule has 0 heterocycles. The molecule has 0 aromatic heterocycles. The van der Waals surface area contributed by atoms with Crippen molar-refractivity contribution in [2.45, 2.75) is 52.0 Å². The number of quaternary nitrogens is 1. The first-order valence-electron chi connectivity index (χ1n) is 11.8. The number of carboxylic acid groups (broad SMARTS) is 2. The molecule has 0 spiro atoms. The number of hydrogen-bond acceptors (Lipinski definition) is 6. The number of aliphatic carboxylic acids is 2. The number of carboxylic acids is 2. The Morgan fingerprint density at radius 1 is 0.972 bits per heavy atom. The third-order valence-corrected chi connectivity index (χ3v) is 6.91. The Kier molecular flexibility index (Phi) is 12.5. The fraction of sp³-hybridized carbons (Fsp3) is 0.826. The average molecular weight is 539 g/mol. The largest absolute Gasteiger partial charge is 0.481 e. The van der Waals surface area contributed by atoms with Crippen molar-refractivity contribution in [1.29, 1.82) is 0 Å². The maximum Gasteiger partial charge on any atom is 0.307 e. The van der Waals surface area contributed by atoms with E-state index in [2.05, 4.69) is 5.32 Å². The topological polar surface area (TPSA) is 178 Å². The zero-order valence-electron chi connectivity index (χ0n) is 22.6. The SMILES string of the molecule is CC(CCC(C(=O)NC(C)(C)CS(=O)(=O)O)C(CC(=O)O)C(CC(=O)N(C)C)C(=O)O)C[N+](C)(C)C. The molecule has 0 aromatic rings. The monoisotopic (exact) mass is 538 g/mol. The fourth-order valence-corrected chi connectivity index (χ4v) is 5.49. The molecule has 2 amide bonds. The van der Waals surface area contributed by atoms with E-state index in [1.165, 1.54) is 32.8 Å². The first-order chi connectivity index (χ1) is 16.0. The van der Waals surface area contributed by atoms with Crippen molar-refractivity contribution in [3.05, 3.63) is 0 Å². The van der Waals surface area contributed by atoms with E-state index in [-0.39, 0.29) is 12.3 Å². The van der Waals surface area contributed by atoms with Gasteiger partial charge in [-0.15, -0.1) is 0 Å². The highest BCUT2D eigenvalue weighted by Gasteiger charge is 2.42. The van der Waals surface area contributed by atoms with Crippen molar-refractivity contribution >= 4 is 33.9 Å². The van der Waals surface area contributed by atoms with E-state index in [1.54, 1.807) is 0 Å². The Morgan fingerprint density at radius 2 is 1.50 bits per heavy atom. The predicted molar refractivity (Wildman–Crippen MR) is 134 cm³/mol. The van der Waals surface area contributed by atoms with Crippen LogP contribution in [0.25, 0.3) is 0 Å². The Balaban J connectivity index is 6.36. The molecule has 0 radical (unpaired) electrons. The van der Waals surface area contributed by atoms with Crippen LogP contribution in [0.1, 0.15) is 46.5 Å². The van der Waals surface area contributed by atoms with Gasteiger partial charge in [0.05, 0.1) is 44.9 Å². The Morgan fingerprint density at radius 3 is 1.89 bits per heavy atom.